The number of nitrogens with zero attached hydrogens (tertiary/aromatic N) is 5. The Balaban J connectivity index is 0.00000139. The van der Waals surface area contributed by atoms with Crippen LogP contribution in [0.15, 0.2) is 71.7 Å². The maximum absolute atomic E-state index is 14.0. The van der Waals surface area contributed by atoms with Crippen LogP contribution >= 0.6 is 0 Å². The highest BCUT2D eigenvalue weighted by atomic mass is 16.3. The van der Waals surface area contributed by atoms with Gasteiger partial charge in [0.2, 0.25) is 5.56 Å². The number of piperidine rings is 1. The number of aryl methyl sites for hydroxylation is 1. The lowest BCUT2D eigenvalue weighted by molar-refractivity contribution is -0.123. The van der Waals surface area contributed by atoms with E-state index in [1.54, 1.807) is 12.3 Å². The summed E-state index contributed by atoms with van der Waals surface area (Å²) < 4.78 is 2.13. The quantitative estimate of drug-likeness (QED) is 0.198. The summed E-state index contributed by atoms with van der Waals surface area (Å²) in [6, 6.07) is 14.7. The van der Waals surface area contributed by atoms with E-state index >= 15 is 0 Å². The second-order valence-corrected chi connectivity index (χ2v) is 15.0. The number of pyridine rings is 2. The number of nitrogens with one attached hydrogen (secondary N) is 1. The number of Topliss-reactive ketones (excluding diaryl/α,β-unsaturated/α-hetero) is 1. The van der Waals surface area contributed by atoms with Gasteiger partial charge >= 0.3 is 0 Å². The maximum Gasteiger partial charge on any atom is 0.290 e. The molecular formula is C40H48N6O4. The molecule has 1 aromatic carbocycles. The number of hydrogen-bond donors (Lipinski definition) is 2. The van der Waals surface area contributed by atoms with Gasteiger partial charge in [0.05, 0.1) is 5.69 Å². The largest absolute Gasteiger partial charge is 0.483 e. The van der Waals surface area contributed by atoms with Crippen LogP contribution in [0, 0.1) is 11.3 Å². The van der Waals surface area contributed by atoms with Crippen LogP contribution in [0.4, 0.5) is 0 Å². The van der Waals surface area contributed by atoms with Gasteiger partial charge in [-0.2, -0.15) is 0 Å². The number of ketones is 1. The van der Waals surface area contributed by atoms with Gasteiger partial charge < -0.3 is 19.6 Å². The van der Waals surface area contributed by atoms with Gasteiger partial charge in [0.1, 0.15) is 12.7 Å². The van der Waals surface area contributed by atoms with E-state index in [1.807, 2.05) is 18.7 Å². The zero-order valence-electron chi connectivity index (χ0n) is 29.3. The highest BCUT2D eigenvalue weighted by Gasteiger charge is 2.31. The summed E-state index contributed by atoms with van der Waals surface area (Å²) in [6.07, 6.45) is 15.0. The van der Waals surface area contributed by atoms with Gasteiger partial charge in [-0.1, -0.05) is 45.0 Å². The fourth-order valence-electron chi connectivity index (χ4n) is 7.79. The van der Waals surface area contributed by atoms with Gasteiger partial charge in [-0.25, -0.2) is 0 Å². The lowest BCUT2D eigenvalue weighted by atomic mass is 9.71. The smallest absolute Gasteiger partial charge is 0.290 e. The maximum atomic E-state index is 14.0. The van der Waals surface area contributed by atoms with Crippen LogP contribution in [0.5, 0.6) is 0 Å². The fourth-order valence-corrected chi connectivity index (χ4v) is 7.79. The van der Waals surface area contributed by atoms with E-state index < -0.39 is 0 Å². The fraction of sp³-hybridized carbons (Fsp3) is 0.450. The number of carbonyl (C=O) groups excluding carboxylic acids is 1. The first-order chi connectivity index (χ1) is 24.1. The Morgan fingerprint density at radius 1 is 1.02 bits per heavy atom. The van der Waals surface area contributed by atoms with Crippen molar-refractivity contribution in [3.63, 3.8) is 0 Å². The Morgan fingerprint density at radius 2 is 1.72 bits per heavy atom. The first-order valence-electron chi connectivity index (χ1n) is 17.8. The summed E-state index contributed by atoms with van der Waals surface area (Å²) in [6.45, 7) is 9.79. The summed E-state index contributed by atoms with van der Waals surface area (Å²) >= 11 is 0. The number of aromatic amines is 1. The van der Waals surface area contributed by atoms with Crippen molar-refractivity contribution in [1.82, 2.24) is 29.6 Å². The minimum Gasteiger partial charge on any atom is -0.483 e. The number of likely N-dealkylation sites (tertiary alicyclic amines) is 1. The van der Waals surface area contributed by atoms with E-state index in [9.17, 15) is 9.59 Å². The Morgan fingerprint density at radius 3 is 2.38 bits per heavy atom. The monoisotopic (exact) mass is 676 g/mol. The number of fused-ring (bicyclic) bond motifs is 2. The molecule has 3 aromatic heterocycles. The van der Waals surface area contributed by atoms with E-state index in [4.69, 9.17) is 14.9 Å². The van der Waals surface area contributed by atoms with Crippen molar-refractivity contribution in [1.29, 1.82) is 0 Å². The molecule has 0 radical (unpaired) electrons. The Bertz CT molecular complexity index is 1840. The average Bonchev–Trinajstić information content (AvgIpc) is 3.80. The average molecular weight is 677 g/mol. The van der Waals surface area contributed by atoms with Crippen LogP contribution in [0.1, 0.15) is 92.9 Å². The van der Waals surface area contributed by atoms with Gasteiger partial charge in [-0.05, 0) is 108 Å². The van der Waals surface area contributed by atoms with Crippen LogP contribution in [-0.2, 0) is 28.9 Å². The zero-order chi connectivity index (χ0) is 35.3. The second-order valence-electron chi connectivity index (χ2n) is 15.0. The molecule has 0 saturated carbocycles. The number of rotatable bonds is 9. The molecule has 262 valence electrons. The summed E-state index contributed by atoms with van der Waals surface area (Å²) in [5.41, 5.74) is 9.08. The molecule has 4 aromatic rings. The van der Waals surface area contributed by atoms with Crippen LogP contribution in [0.3, 0.4) is 0 Å². The molecule has 10 heteroatoms. The summed E-state index contributed by atoms with van der Waals surface area (Å²) in [5, 5.41) is 14.9. The van der Waals surface area contributed by atoms with Crippen molar-refractivity contribution in [2.24, 2.45) is 11.3 Å². The molecule has 1 fully saturated rings. The highest BCUT2D eigenvalue weighted by molar-refractivity contribution is 6.02. The number of H-pyrrole nitrogens is 1. The third kappa shape index (κ3) is 8.35. The van der Waals surface area contributed by atoms with Crippen LogP contribution in [0.25, 0.3) is 17.2 Å². The van der Waals surface area contributed by atoms with Gasteiger partial charge in [0, 0.05) is 55.5 Å². The SMILES string of the molecule is CC(C)(C)[C@H]1CCc2nc3c(cc2C1)C=C(C(=O)C[C@H](CCN1CCC(n2cnnc2)CC1)c1ccc(-c2ccc(=O)[nH]c2)cc1)C3.O=CO. The van der Waals surface area contributed by atoms with Crippen molar-refractivity contribution >= 4 is 18.3 Å². The number of carbonyl (C=O) groups is 2. The molecule has 1 saturated heterocycles. The lowest BCUT2D eigenvalue weighted by Crippen LogP contribution is -2.35. The Hall–Kier alpha value is -4.70. The molecular weight excluding hydrogens is 628 g/mol. The van der Waals surface area contributed by atoms with Crippen LogP contribution in [-0.4, -0.2) is 66.6 Å². The Kier molecular flexibility index (Phi) is 10.9. The van der Waals surface area contributed by atoms with Crippen molar-refractivity contribution < 1.29 is 14.7 Å². The number of aromatic nitrogens is 5. The van der Waals surface area contributed by atoms with Crippen molar-refractivity contribution in [3.8, 4) is 11.1 Å². The molecule has 50 heavy (non-hydrogen) atoms. The third-order valence-electron chi connectivity index (χ3n) is 10.9. The molecule has 0 unspecified atom stereocenters. The Labute approximate surface area is 293 Å². The summed E-state index contributed by atoms with van der Waals surface area (Å²) in [5.74, 6) is 1.00. The molecule has 0 bridgehead atoms. The summed E-state index contributed by atoms with van der Waals surface area (Å²) in [7, 11) is 0. The minimum absolute atomic E-state index is 0.109. The standard InChI is InChI=1S/C39H46N6O2.CH2O2/c1-39(2,3)33-9-10-35-31(20-33)18-30-19-32(21-36(30)43-35)37(46)22-28(12-15-44-16-13-34(14-17-44)45-24-41-42-25-45)26-4-6-27(7-5-26)29-8-11-38(47)40-23-29;2-1-3/h4-8,11,18-19,23-25,28,33-34H,9-10,12-17,20-22H2,1-3H3,(H,40,47);1H,(H,2,3)/t28-,33-;/m0./s1. The van der Waals surface area contributed by atoms with Crippen molar-refractivity contribution in [2.75, 3.05) is 19.6 Å². The van der Waals surface area contributed by atoms with Gasteiger partial charge in [0.25, 0.3) is 6.47 Å². The molecule has 2 N–H and O–H groups in total. The molecule has 4 heterocycles. The van der Waals surface area contributed by atoms with Gasteiger partial charge in [-0.15, -0.1) is 10.2 Å². The first-order valence-corrected chi connectivity index (χ1v) is 17.8. The number of carboxylic acid groups (broad SMARTS) is 1. The lowest BCUT2D eigenvalue weighted by Gasteiger charge is -2.34. The predicted molar refractivity (Wildman–Crippen MR) is 194 cm³/mol. The predicted octanol–water partition coefficient (Wildman–Crippen LogP) is 6.29. The van der Waals surface area contributed by atoms with E-state index in [-0.39, 0.29) is 29.1 Å². The molecule has 2 aliphatic carbocycles. The number of benzene rings is 1. The molecule has 0 spiro atoms. The van der Waals surface area contributed by atoms with E-state index in [2.05, 4.69) is 81.8 Å². The topological polar surface area (TPSA) is 134 Å². The van der Waals surface area contributed by atoms with Crippen LogP contribution in [0.2, 0.25) is 0 Å². The normalized spacial score (nSPS) is 18.3. The number of hydrogen-bond acceptors (Lipinski definition) is 7. The number of allylic oxidation sites excluding steroid dienone is 1. The third-order valence-corrected chi connectivity index (χ3v) is 10.9. The zero-order valence-corrected chi connectivity index (χ0v) is 29.3. The van der Waals surface area contributed by atoms with Gasteiger partial charge in [0.15, 0.2) is 5.78 Å². The molecule has 2 atom stereocenters. The van der Waals surface area contributed by atoms with E-state index in [0.717, 1.165) is 79.7 Å². The molecule has 1 aliphatic heterocycles. The van der Waals surface area contributed by atoms with Crippen molar-refractivity contribution in [3.05, 3.63) is 105 Å². The van der Waals surface area contributed by atoms with E-state index in [0.29, 0.717) is 24.8 Å². The molecule has 7 rings (SSSR count). The van der Waals surface area contributed by atoms with E-state index in [1.165, 1.54) is 23.2 Å². The first kappa shape index (κ1) is 35.1. The molecule has 10 nitrogen and oxygen atoms in total. The minimum atomic E-state index is -0.250. The van der Waals surface area contributed by atoms with Gasteiger partial charge in [-0.3, -0.25) is 19.4 Å². The van der Waals surface area contributed by atoms with Crippen LogP contribution < -0.4 is 5.56 Å². The summed E-state index contributed by atoms with van der Waals surface area (Å²) in [4.78, 5) is 44.3. The highest BCUT2D eigenvalue weighted by Crippen LogP contribution is 2.39. The molecule has 3 aliphatic rings. The molecule has 0 amide bonds. The second kappa shape index (κ2) is 15.5. The van der Waals surface area contributed by atoms with Crippen molar-refractivity contribution in [2.45, 2.75) is 84.1 Å².